The maximum atomic E-state index is 12.6. The first kappa shape index (κ1) is 17.4. The van der Waals surface area contributed by atoms with Crippen molar-refractivity contribution in [2.45, 2.75) is 57.8 Å². The van der Waals surface area contributed by atoms with Gasteiger partial charge < -0.3 is 14.6 Å². The molecule has 3 fully saturated rings. The summed E-state index contributed by atoms with van der Waals surface area (Å²) < 4.78 is 11.3. The van der Waals surface area contributed by atoms with E-state index in [-0.39, 0.29) is 37.1 Å². The minimum absolute atomic E-state index is 0.113. The number of carbonyl (C=O) groups excluding carboxylic acids is 2. The molecule has 24 heavy (non-hydrogen) atoms. The van der Waals surface area contributed by atoms with Crippen molar-refractivity contribution in [3.05, 3.63) is 11.6 Å². The second-order valence-corrected chi connectivity index (χ2v) is 7.47. The molecular formula is C18H27NO5. The van der Waals surface area contributed by atoms with Crippen molar-refractivity contribution in [2.24, 2.45) is 11.8 Å². The van der Waals surface area contributed by atoms with Crippen LogP contribution < -0.4 is 0 Å². The summed E-state index contributed by atoms with van der Waals surface area (Å²) in [6, 6.07) is 0.113. The van der Waals surface area contributed by atoms with Crippen LogP contribution in [-0.4, -0.2) is 59.4 Å². The van der Waals surface area contributed by atoms with Gasteiger partial charge in [-0.1, -0.05) is 13.0 Å². The SMILES string of the molecule is C/C=C1/CC(C)C(C)(O)C(=O)OCC2CCN3CCC(OC1=O)[C@@H]23. The Labute approximate surface area is 142 Å². The van der Waals surface area contributed by atoms with Gasteiger partial charge in [0.15, 0.2) is 5.60 Å². The Bertz CT molecular complexity index is 556. The predicted molar refractivity (Wildman–Crippen MR) is 87.1 cm³/mol. The average Bonchev–Trinajstić information content (AvgIpc) is 3.12. The summed E-state index contributed by atoms with van der Waals surface area (Å²) in [6.45, 7) is 7.11. The fourth-order valence-electron chi connectivity index (χ4n) is 4.11. The minimum atomic E-state index is -1.62. The van der Waals surface area contributed by atoms with Crippen LogP contribution in [0.15, 0.2) is 11.6 Å². The molecule has 0 aromatic carbocycles. The number of rotatable bonds is 0. The molecule has 3 aliphatic rings. The number of cyclic esters (lactones) is 1. The Morgan fingerprint density at radius 1 is 1.29 bits per heavy atom. The Hall–Kier alpha value is -1.40. The maximum Gasteiger partial charge on any atom is 0.338 e. The lowest BCUT2D eigenvalue weighted by Crippen LogP contribution is -2.46. The predicted octanol–water partition coefficient (Wildman–Crippen LogP) is 1.27. The molecule has 0 bridgehead atoms. The second kappa shape index (κ2) is 6.48. The zero-order valence-corrected chi connectivity index (χ0v) is 14.7. The third kappa shape index (κ3) is 2.97. The molecule has 5 atom stereocenters. The van der Waals surface area contributed by atoms with Gasteiger partial charge >= 0.3 is 11.9 Å². The molecule has 134 valence electrons. The molecule has 3 heterocycles. The number of hydrogen-bond acceptors (Lipinski definition) is 6. The van der Waals surface area contributed by atoms with Crippen molar-refractivity contribution >= 4 is 11.9 Å². The molecule has 4 unspecified atom stereocenters. The highest BCUT2D eigenvalue weighted by Crippen LogP contribution is 2.36. The summed E-state index contributed by atoms with van der Waals surface area (Å²) in [5, 5.41) is 10.6. The lowest BCUT2D eigenvalue weighted by atomic mass is 9.85. The molecule has 0 aromatic rings. The Balaban J connectivity index is 1.89. The Kier molecular flexibility index (Phi) is 4.71. The Morgan fingerprint density at radius 3 is 2.71 bits per heavy atom. The van der Waals surface area contributed by atoms with E-state index in [0.717, 1.165) is 25.9 Å². The molecule has 0 spiro atoms. The average molecular weight is 337 g/mol. The number of ether oxygens (including phenoxy) is 2. The van der Waals surface area contributed by atoms with Crippen molar-refractivity contribution in [3.8, 4) is 0 Å². The first-order valence-corrected chi connectivity index (χ1v) is 8.84. The topological polar surface area (TPSA) is 76.1 Å². The van der Waals surface area contributed by atoms with Crippen molar-refractivity contribution in [1.29, 1.82) is 0 Å². The second-order valence-electron chi connectivity index (χ2n) is 7.47. The summed E-state index contributed by atoms with van der Waals surface area (Å²) in [7, 11) is 0. The van der Waals surface area contributed by atoms with Gasteiger partial charge in [0.25, 0.3) is 0 Å². The van der Waals surface area contributed by atoms with Crippen LogP contribution in [0.2, 0.25) is 0 Å². The molecule has 0 saturated carbocycles. The van der Waals surface area contributed by atoms with E-state index in [2.05, 4.69) is 4.90 Å². The van der Waals surface area contributed by atoms with Crippen LogP contribution in [0.1, 0.15) is 40.0 Å². The van der Waals surface area contributed by atoms with Crippen molar-refractivity contribution in [2.75, 3.05) is 19.7 Å². The van der Waals surface area contributed by atoms with E-state index in [0.29, 0.717) is 5.57 Å². The highest BCUT2D eigenvalue weighted by atomic mass is 16.6. The van der Waals surface area contributed by atoms with Crippen LogP contribution in [0, 0.1) is 11.8 Å². The van der Waals surface area contributed by atoms with E-state index < -0.39 is 17.5 Å². The zero-order chi connectivity index (χ0) is 17.5. The molecule has 0 aromatic heterocycles. The monoisotopic (exact) mass is 337 g/mol. The largest absolute Gasteiger partial charge is 0.463 e. The molecule has 1 N–H and O–H groups in total. The fraction of sp³-hybridized carbons (Fsp3) is 0.778. The Morgan fingerprint density at radius 2 is 2.00 bits per heavy atom. The molecule has 3 rings (SSSR count). The van der Waals surface area contributed by atoms with E-state index in [9.17, 15) is 14.7 Å². The molecule has 0 amide bonds. The fourth-order valence-corrected chi connectivity index (χ4v) is 4.11. The first-order chi connectivity index (χ1) is 11.3. The van der Waals surface area contributed by atoms with Crippen molar-refractivity contribution < 1.29 is 24.2 Å². The van der Waals surface area contributed by atoms with Crippen LogP contribution in [0.4, 0.5) is 0 Å². The van der Waals surface area contributed by atoms with Crippen LogP contribution in [0.5, 0.6) is 0 Å². The first-order valence-electron chi connectivity index (χ1n) is 8.84. The normalized spacial score (nSPS) is 42.9. The van der Waals surface area contributed by atoms with Crippen LogP contribution in [-0.2, 0) is 19.1 Å². The molecule has 6 heteroatoms. The van der Waals surface area contributed by atoms with Gasteiger partial charge in [-0.05, 0) is 45.6 Å². The van der Waals surface area contributed by atoms with Crippen LogP contribution in [0.25, 0.3) is 0 Å². The van der Waals surface area contributed by atoms with Crippen molar-refractivity contribution in [1.82, 2.24) is 4.90 Å². The van der Waals surface area contributed by atoms with Gasteiger partial charge in [0.2, 0.25) is 0 Å². The van der Waals surface area contributed by atoms with E-state index in [4.69, 9.17) is 9.47 Å². The van der Waals surface area contributed by atoms with Gasteiger partial charge in [-0.25, -0.2) is 9.59 Å². The third-order valence-electron chi connectivity index (χ3n) is 5.97. The van der Waals surface area contributed by atoms with E-state index in [1.807, 2.05) is 0 Å². The number of hydrogen-bond donors (Lipinski definition) is 1. The van der Waals surface area contributed by atoms with Crippen molar-refractivity contribution in [3.63, 3.8) is 0 Å². The highest BCUT2D eigenvalue weighted by molar-refractivity contribution is 5.89. The number of allylic oxidation sites excluding steroid dienone is 1. The molecule has 0 aliphatic carbocycles. The summed E-state index contributed by atoms with van der Waals surface area (Å²) in [4.78, 5) is 27.3. The lowest BCUT2D eigenvalue weighted by Gasteiger charge is -2.32. The summed E-state index contributed by atoms with van der Waals surface area (Å²) in [5.41, 5.74) is -1.12. The van der Waals surface area contributed by atoms with Gasteiger partial charge in [0.05, 0.1) is 12.6 Å². The number of nitrogens with zero attached hydrogens (tertiary/aromatic N) is 1. The lowest BCUT2D eigenvalue weighted by molar-refractivity contribution is -0.172. The van der Waals surface area contributed by atoms with E-state index in [1.54, 1.807) is 19.9 Å². The van der Waals surface area contributed by atoms with Gasteiger partial charge in [0.1, 0.15) is 6.10 Å². The quantitative estimate of drug-likeness (QED) is 0.530. The molecule has 3 saturated heterocycles. The molecule has 3 aliphatic heterocycles. The molecule has 6 nitrogen and oxygen atoms in total. The van der Waals surface area contributed by atoms with Gasteiger partial charge in [-0.2, -0.15) is 0 Å². The third-order valence-corrected chi connectivity index (χ3v) is 5.97. The summed E-state index contributed by atoms with van der Waals surface area (Å²) in [6.07, 6.45) is 3.59. The van der Waals surface area contributed by atoms with Crippen LogP contribution >= 0.6 is 0 Å². The smallest absolute Gasteiger partial charge is 0.338 e. The number of aliphatic hydroxyl groups is 1. The van der Waals surface area contributed by atoms with Gasteiger partial charge in [-0.15, -0.1) is 0 Å². The molecular weight excluding hydrogens is 310 g/mol. The van der Waals surface area contributed by atoms with E-state index in [1.165, 1.54) is 6.92 Å². The summed E-state index contributed by atoms with van der Waals surface area (Å²) >= 11 is 0. The number of esters is 2. The van der Waals surface area contributed by atoms with Gasteiger partial charge in [-0.3, -0.25) is 4.90 Å². The van der Waals surface area contributed by atoms with E-state index >= 15 is 0 Å². The highest BCUT2D eigenvalue weighted by Gasteiger charge is 2.48. The minimum Gasteiger partial charge on any atom is -0.463 e. The maximum absolute atomic E-state index is 12.6. The van der Waals surface area contributed by atoms with Gasteiger partial charge in [0, 0.05) is 18.0 Å². The van der Waals surface area contributed by atoms with Crippen LogP contribution in [0.3, 0.4) is 0 Å². The summed E-state index contributed by atoms with van der Waals surface area (Å²) in [5.74, 6) is -1.23. The standard InChI is InChI=1S/C18H27NO5/c1-4-12-9-11(2)18(3,22)17(21)23-10-13-5-7-19-8-6-14(15(13)19)24-16(12)20/h4,11,13-15,22H,5-10H2,1-3H3/b12-4-/t11?,13?,14?,15-,18?/m1/s1. The zero-order valence-electron chi connectivity index (χ0n) is 14.7. The molecule has 0 radical (unpaired) electrons. The number of carbonyl (C=O) groups is 2.